The van der Waals surface area contributed by atoms with Crippen LogP contribution in [0.4, 0.5) is 13.2 Å². The number of ether oxygens (including phenoxy) is 2. The van der Waals surface area contributed by atoms with Crippen molar-refractivity contribution in [1.29, 1.82) is 0 Å². The van der Waals surface area contributed by atoms with Crippen molar-refractivity contribution in [1.82, 2.24) is 29.7 Å². The fourth-order valence-electron chi connectivity index (χ4n) is 6.11. The number of alkyl halides is 3. The molecule has 0 unspecified atom stereocenters. The van der Waals surface area contributed by atoms with Crippen LogP contribution in [0.5, 0.6) is 17.4 Å². The zero-order chi connectivity index (χ0) is 33.5. The van der Waals surface area contributed by atoms with Crippen molar-refractivity contribution in [2.75, 3.05) is 34.2 Å². The number of H-pyrrole nitrogens is 1. The number of benzene rings is 1. The van der Waals surface area contributed by atoms with Crippen LogP contribution in [0.3, 0.4) is 0 Å². The molecule has 10 nitrogen and oxygen atoms in total. The zero-order valence-electron chi connectivity index (χ0n) is 26.7. The highest BCUT2D eigenvalue weighted by atomic mass is 19.4. The number of piperidine rings is 1. The number of carbonyl (C=O) groups excluding carboxylic acids is 2. The SMILES string of the molecule is C[C@@H]1Cc2ccc(Oc3ccnc4[nH]c(C(=O)N(C)C)cc34)cc2CN1C(=O)Cc1cnc(OC2CCN(C)CC2)c(C(F)(F)F)c1. The van der Waals surface area contributed by atoms with Gasteiger partial charge in [-0.05, 0) is 80.3 Å². The summed E-state index contributed by atoms with van der Waals surface area (Å²) >= 11 is 0. The molecule has 1 fully saturated rings. The van der Waals surface area contributed by atoms with Gasteiger partial charge in [-0.2, -0.15) is 13.2 Å². The Balaban J connectivity index is 1.17. The number of pyridine rings is 2. The molecule has 0 aliphatic carbocycles. The van der Waals surface area contributed by atoms with Gasteiger partial charge in [0.1, 0.15) is 34.5 Å². The van der Waals surface area contributed by atoms with Gasteiger partial charge in [0, 0.05) is 52.2 Å². The largest absolute Gasteiger partial charge is 0.474 e. The Kier molecular flexibility index (Phi) is 8.84. The summed E-state index contributed by atoms with van der Waals surface area (Å²) in [6.45, 7) is 3.68. The van der Waals surface area contributed by atoms with E-state index in [1.54, 1.807) is 37.3 Å². The van der Waals surface area contributed by atoms with E-state index >= 15 is 0 Å². The van der Waals surface area contributed by atoms with Crippen molar-refractivity contribution in [3.63, 3.8) is 0 Å². The first-order valence-electron chi connectivity index (χ1n) is 15.6. The Labute approximate surface area is 270 Å². The Hall–Kier alpha value is -4.65. The Bertz CT molecular complexity index is 1800. The van der Waals surface area contributed by atoms with Gasteiger partial charge in [0.2, 0.25) is 11.8 Å². The lowest BCUT2D eigenvalue weighted by Crippen LogP contribution is -2.43. The van der Waals surface area contributed by atoms with Gasteiger partial charge < -0.3 is 29.2 Å². The van der Waals surface area contributed by atoms with E-state index in [9.17, 15) is 22.8 Å². The number of fused-ring (bicyclic) bond motifs is 2. The number of carbonyl (C=O) groups is 2. The van der Waals surface area contributed by atoms with E-state index in [2.05, 4.69) is 19.9 Å². The number of halogens is 3. The fraction of sp³-hybridized carbons (Fsp3) is 0.412. The van der Waals surface area contributed by atoms with Gasteiger partial charge in [0.25, 0.3) is 5.91 Å². The number of hydrogen-bond donors (Lipinski definition) is 1. The van der Waals surface area contributed by atoms with Gasteiger partial charge in [-0.1, -0.05) is 6.07 Å². The Morgan fingerprint density at radius 2 is 1.83 bits per heavy atom. The minimum Gasteiger partial charge on any atom is -0.474 e. The third-order valence-corrected chi connectivity index (χ3v) is 8.75. The second kappa shape index (κ2) is 12.9. The summed E-state index contributed by atoms with van der Waals surface area (Å²) in [7, 11) is 5.30. The standard InChI is InChI=1S/C34H37F3N6O4/c1-20-13-22-5-6-25(46-29-7-10-38-31-26(29)17-28(40-31)33(45)41(2)3)16-23(22)19-43(20)30(44)15-21-14-27(34(35,36)37)32(39-18-21)47-24-8-11-42(4)12-9-24/h5-7,10,14,16-18,20,24H,8-9,11-13,15,19H2,1-4H3,(H,38,40)/t20-/m1/s1. The average molecular weight is 651 g/mol. The van der Waals surface area contributed by atoms with E-state index in [1.807, 2.05) is 32.2 Å². The number of amides is 2. The Morgan fingerprint density at radius 1 is 1.06 bits per heavy atom. The molecule has 5 heterocycles. The van der Waals surface area contributed by atoms with Crippen LogP contribution in [0, 0.1) is 0 Å². The van der Waals surface area contributed by atoms with Gasteiger partial charge >= 0.3 is 6.18 Å². The number of likely N-dealkylation sites (tertiary alicyclic amines) is 1. The molecule has 6 rings (SSSR count). The molecule has 0 radical (unpaired) electrons. The fourth-order valence-corrected chi connectivity index (χ4v) is 6.11. The molecule has 2 aliphatic rings. The predicted octanol–water partition coefficient (Wildman–Crippen LogP) is 5.46. The second-order valence-electron chi connectivity index (χ2n) is 12.6. The normalized spacial score (nSPS) is 17.4. The summed E-state index contributed by atoms with van der Waals surface area (Å²) < 4.78 is 54.1. The predicted molar refractivity (Wildman–Crippen MR) is 168 cm³/mol. The van der Waals surface area contributed by atoms with E-state index in [-0.39, 0.29) is 42.5 Å². The number of nitrogens with one attached hydrogen (secondary N) is 1. The second-order valence-corrected chi connectivity index (χ2v) is 12.6. The summed E-state index contributed by atoms with van der Waals surface area (Å²) in [6.07, 6.45) is -0.521. The molecule has 0 spiro atoms. The molecule has 1 aromatic carbocycles. The molecule has 1 N–H and O–H groups in total. The molecule has 2 aliphatic heterocycles. The van der Waals surface area contributed by atoms with Crippen LogP contribution in [0.15, 0.2) is 48.8 Å². The van der Waals surface area contributed by atoms with Crippen molar-refractivity contribution in [2.24, 2.45) is 0 Å². The van der Waals surface area contributed by atoms with Gasteiger partial charge in [-0.3, -0.25) is 9.59 Å². The maximum absolute atomic E-state index is 14.1. The average Bonchev–Trinajstić information content (AvgIpc) is 3.47. The third kappa shape index (κ3) is 7.04. The summed E-state index contributed by atoms with van der Waals surface area (Å²) in [6, 6.07) is 9.92. The first kappa shape index (κ1) is 32.3. The number of aromatic nitrogens is 3. The lowest BCUT2D eigenvalue weighted by molar-refractivity contribution is -0.140. The van der Waals surface area contributed by atoms with Gasteiger partial charge in [-0.25, -0.2) is 9.97 Å². The molecule has 0 bridgehead atoms. The minimum absolute atomic E-state index is 0.156. The molecule has 13 heteroatoms. The van der Waals surface area contributed by atoms with Crippen LogP contribution in [0.25, 0.3) is 11.0 Å². The summed E-state index contributed by atoms with van der Waals surface area (Å²) in [5.41, 5.74) is 2.05. The highest BCUT2D eigenvalue weighted by molar-refractivity contribution is 5.98. The van der Waals surface area contributed by atoms with Crippen LogP contribution < -0.4 is 9.47 Å². The van der Waals surface area contributed by atoms with E-state index in [0.29, 0.717) is 47.5 Å². The maximum Gasteiger partial charge on any atom is 0.421 e. The third-order valence-electron chi connectivity index (χ3n) is 8.75. The van der Waals surface area contributed by atoms with Crippen LogP contribution >= 0.6 is 0 Å². The molecular formula is C34H37F3N6O4. The first-order valence-corrected chi connectivity index (χ1v) is 15.6. The quantitative estimate of drug-likeness (QED) is 0.283. The molecule has 4 aromatic rings. The van der Waals surface area contributed by atoms with Gasteiger partial charge in [-0.15, -0.1) is 0 Å². The van der Waals surface area contributed by atoms with Crippen molar-refractivity contribution >= 4 is 22.8 Å². The lowest BCUT2D eigenvalue weighted by Gasteiger charge is -2.35. The van der Waals surface area contributed by atoms with Gasteiger partial charge in [0.05, 0.1) is 11.8 Å². The summed E-state index contributed by atoms with van der Waals surface area (Å²) in [5.74, 6) is 0.123. The highest BCUT2D eigenvalue weighted by Gasteiger charge is 2.37. The Morgan fingerprint density at radius 3 is 2.55 bits per heavy atom. The van der Waals surface area contributed by atoms with Crippen LogP contribution in [0.1, 0.15) is 52.5 Å². The van der Waals surface area contributed by atoms with Gasteiger partial charge in [0.15, 0.2) is 0 Å². The van der Waals surface area contributed by atoms with Crippen LogP contribution in [-0.2, 0) is 30.4 Å². The molecule has 3 aromatic heterocycles. The molecule has 248 valence electrons. The van der Waals surface area contributed by atoms with Crippen molar-refractivity contribution in [3.05, 3.63) is 76.7 Å². The highest BCUT2D eigenvalue weighted by Crippen LogP contribution is 2.37. The topological polar surface area (TPSA) is 104 Å². The molecule has 1 saturated heterocycles. The summed E-state index contributed by atoms with van der Waals surface area (Å²) in [5, 5.41) is 0.649. The maximum atomic E-state index is 14.1. The van der Waals surface area contributed by atoms with Crippen molar-refractivity contribution < 1.29 is 32.2 Å². The first-order chi connectivity index (χ1) is 22.4. The number of hydrogen-bond acceptors (Lipinski definition) is 7. The smallest absolute Gasteiger partial charge is 0.421 e. The number of nitrogens with zero attached hydrogens (tertiary/aromatic N) is 5. The zero-order valence-corrected chi connectivity index (χ0v) is 26.7. The van der Waals surface area contributed by atoms with E-state index in [4.69, 9.17) is 9.47 Å². The van der Waals surface area contributed by atoms with Crippen molar-refractivity contribution in [3.8, 4) is 17.4 Å². The van der Waals surface area contributed by atoms with Crippen LogP contribution in [-0.4, -0.2) is 87.8 Å². The van der Waals surface area contributed by atoms with Crippen LogP contribution in [0.2, 0.25) is 0 Å². The molecule has 2 amide bonds. The van der Waals surface area contributed by atoms with E-state index in [1.165, 1.54) is 11.1 Å². The number of aromatic amines is 1. The van der Waals surface area contributed by atoms with Crippen molar-refractivity contribution in [2.45, 2.75) is 57.5 Å². The van der Waals surface area contributed by atoms with E-state index in [0.717, 1.165) is 30.3 Å². The molecule has 47 heavy (non-hydrogen) atoms. The summed E-state index contributed by atoms with van der Waals surface area (Å²) in [4.78, 5) is 42.6. The molecule has 0 saturated carbocycles. The minimum atomic E-state index is -4.68. The molecule has 1 atom stereocenters. The lowest BCUT2D eigenvalue weighted by atomic mass is 9.94. The monoisotopic (exact) mass is 650 g/mol. The number of rotatable bonds is 7. The molecular weight excluding hydrogens is 613 g/mol. The van der Waals surface area contributed by atoms with E-state index < -0.39 is 17.6 Å².